The maximum absolute atomic E-state index is 13.3. The van der Waals surface area contributed by atoms with Crippen molar-refractivity contribution in [3.8, 4) is 5.75 Å². The maximum Gasteiger partial charge on any atom is 0.254 e. The molecule has 0 unspecified atom stereocenters. The van der Waals surface area contributed by atoms with Crippen LogP contribution in [-0.2, 0) is 11.3 Å². The predicted molar refractivity (Wildman–Crippen MR) is 125 cm³/mol. The van der Waals surface area contributed by atoms with Crippen molar-refractivity contribution in [3.63, 3.8) is 0 Å². The van der Waals surface area contributed by atoms with Crippen LogP contribution in [0.5, 0.6) is 5.75 Å². The lowest BCUT2D eigenvalue weighted by atomic mass is 10.1. The molecule has 4 rings (SSSR count). The van der Waals surface area contributed by atoms with Gasteiger partial charge >= 0.3 is 0 Å². The van der Waals surface area contributed by atoms with Crippen LogP contribution in [0, 0.1) is 0 Å². The van der Waals surface area contributed by atoms with Crippen molar-refractivity contribution >= 4 is 17.5 Å². The van der Waals surface area contributed by atoms with E-state index in [-0.39, 0.29) is 17.6 Å². The number of aromatic hydroxyl groups is 1. The number of hydrogen-bond donors (Lipinski definition) is 1. The van der Waals surface area contributed by atoms with Crippen molar-refractivity contribution in [2.45, 2.75) is 6.54 Å². The molecule has 6 heteroatoms. The molecule has 0 spiro atoms. The lowest BCUT2D eigenvalue weighted by molar-refractivity contribution is -0.120. The molecule has 3 aromatic rings. The Labute approximate surface area is 188 Å². The molecular formula is C26H27N3O3. The Morgan fingerprint density at radius 2 is 1.47 bits per heavy atom. The fraction of sp³-hybridized carbons (Fsp3) is 0.231. The van der Waals surface area contributed by atoms with E-state index in [0.717, 1.165) is 11.3 Å². The number of benzene rings is 3. The molecule has 1 fully saturated rings. The number of hydrogen-bond acceptors (Lipinski definition) is 4. The number of amides is 2. The SMILES string of the molecule is O=C(c1cccc(O)c1)N1CCN(CC(=O)N(Cc2ccccc2)c2ccccc2)CC1. The van der Waals surface area contributed by atoms with Crippen LogP contribution in [-0.4, -0.2) is 59.4 Å². The first kappa shape index (κ1) is 21.6. The van der Waals surface area contributed by atoms with Gasteiger partial charge in [-0.15, -0.1) is 0 Å². The summed E-state index contributed by atoms with van der Waals surface area (Å²) >= 11 is 0. The van der Waals surface area contributed by atoms with Gasteiger partial charge in [0.25, 0.3) is 5.91 Å². The van der Waals surface area contributed by atoms with Crippen molar-refractivity contribution in [1.82, 2.24) is 9.80 Å². The largest absolute Gasteiger partial charge is 0.508 e. The van der Waals surface area contributed by atoms with Gasteiger partial charge in [0.15, 0.2) is 0 Å². The second-order valence-electron chi connectivity index (χ2n) is 7.92. The highest BCUT2D eigenvalue weighted by molar-refractivity contribution is 5.95. The number of anilines is 1. The molecule has 0 aliphatic carbocycles. The molecule has 6 nitrogen and oxygen atoms in total. The van der Waals surface area contributed by atoms with Gasteiger partial charge in [-0.2, -0.15) is 0 Å². The van der Waals surface area contributed by atoms with Gasteiger partial charge < -0.3 is 14.9 Å². The zero-order valence-electron chi connectivity index (χ0n) is 17.9. The molecule has 0 bridgehead atoms. The quantitative estimate of drug-likeness (QED) is 0.653. The normalized spacial score (nSPS) is 14.2. The van der Waals surface area contributed by atoms with Crippen LogP contribution >= 0.6 is 0 Å². The Hall–Kier alpha value is -3.64. The first-order valence-corrected chi connectivity index (χ1v) is 10.8. The number of piperazine rings is 1. The number of para-hydroxylation sites is 1. The molecular weight excluding hydrogens is 402 g/mol. The minimum atomic E-state index is -0.0955. The number of phenolic OH excluding ortho intramolecular Hbond substituents is 1. The molecule has 0 radical (unpaired) electrons. The lowest BCUT2D eigenvalue weighted by Gasteiger charge is -2.35. The van der Waals surface area contributed by atoms with E-state index < -0.39 is 0 Å². The van der Waals surface area contributed by atoms with Crippen LogP contribution in [0.2, 0.25) is 0 Å². The van der Waals surface area contributed by atoms with Crippen LogP contribution in [0.15, 0.2) is 84.9 Å². The molecule has 164 valence electrons. The van der Waals surface area contributed by atoms with E-state index in [2.05, 4.69) is 4.90 Å². The summed E-state index contributed by atoms with van der Waals surface area (Å²) in [5, 5.41) is 9.63. The molecule has 1 aliphatic rings. The average Bonchev–Trinajstić information content (AvgIpc) is 2.84. The molecule has 1 heterocycles. The van der Waals surface area contributed by atoms with E-state index in [0.29, 0.717) is 44.8 Å². The highest BCUT2D eigenvalue weighted by Gasteiger charge is 2.25. The smallest absolute Gasteiger partial charge is 0.254 e. The van der Waals surface area contributed by atoms with E-state index >= 15 is 0 Å². The van der Waals surface area contributed by atoms with E-state index in [1.54, 1.807) is 23.1 Å². The van der Waals surface area contributed by atoms with Crippen molar-refractivity contribution < 1.29 is 14.7 Å². The van der Waals surface area contributed by atoms with Crippen LogP contribution in [0.3, 0.4) is 0 Å². The van der Waals surface area contributed by atoms with Gasteiger partial charge in [-0.25, -0.2) is 0 Å². The zero-order chi connectivity index (χ0) is 22.3. The van der Waals surface area contributed by atoms with E-state index in [1.807, 2.05) is 65.6 Å². The van der Waals surface area contributed by atoms with Crippen molar-refractivity contribution in [1.29, 1.82) is 0 Å². The fourth-order valence-electron chi connectivity index (χ4n) is 3.90. The Balaban J connectivity index is 1.38. The summed E-state index contributed by atoms with van der Waals surface area (Å²) in [5.41, 5.74) is 2.43. The molecule has 32 heavy (non-hydrogen) atoms. The third-order valence-electron chi connectivity index (χ3n) is 5.66. The van der Waals surface area contributed by atoms with Gasteiger partial charge in [0, 0.05) is 37.4 Å². The third-order valence-corrected chi connectivity index (χ3v) is 5.66. The Bertz CT molecular complexity index is 1050. The minimum absolute atomic E-state index is 0.0350. The number of rotatable bonds is 6. The van der Waals surface area contributed by atoms with E-state index in [1.165, 1.54) is 6.07 Å². The first-order chi connectivity index (χ1) is 15.6. The van der Waals surface area contributed by atoms with Gasteiger partial charge in [-0.05, 0) is 35.9 Å². The summed E-state index contributed by atoms with van der Waals surface area (Å²) in [7, 11) is 0. The second-order valence-corrected chi connectivity index (χ2v) is 7.92. The van der Waals surface area contributed by atoms with Crippen LogP contribution in [0.25, 0.3) is 0 Å². The summed E-state index contributed by atoms with van der Waals surface area (Å²) in [4.78, 5) is 31.6. The fourth-order valence-corrected chi connectivity index (χ4v) is 3.90. The standard InChI is InChI=1S/C26H27N3O3/c30-24-13-7-10-22(18-24)26(32)28-16-14-27(15-17-28)20-25(31)29(23-11-5-2-6-12-23)19-21-8-3-1-4-9-21/h1-13,18,30H,14-17,19-20H2. The summed E-state index contributed by atoms with van der Waals surface area (Å²) in [6.45, 7) is 3.17. The molecule has 1 N–H and O–H groups in total. The van der Waals surface area contributed by atoms with E-state index in [9.17, 15) is 14.7 Å². The third kappa shape index (κ3) is 5.34. The summed E-state index contributed by atoms with van der Waals surface area (Å²) in [6.07, 6.45) is 0. The van der Waals surface area contributed by atoms with Crippen LogP contribution < -0.4 is 4.90 Å². The number of carbonyl (C=O) groups is 2. The Kier molecular flexibility index (Phi) is 6.82. The Morgan fingerprint density at radius 1 is 0.812 bits per heavy atom. The number of nitrogens with zero attached hydrogens (tertiary/aromatic N) is 3. The van der Waals surface area contributed by atoms with Gasteiger partial charge in [0.1, 0.15) is 5.75 Å². The minimum Gasteiger partial charge on any atom is -0.508 e. The molecule has 0 atom stereocenters. The predicted octanol–water partition coefficient (Wildman–Crippen LogP) is 3.38. The maximum atomic E-state index is 13.3. The van der Waals surface area contributed by atoms with Gasteiger partial charge in [-0.1, -0.05) is 54.6 Å². The zero-order valence-corrected chi connectivity index (χ0v) is 17.9. The van der Waals surface area contributed by atoms with Gasteiger partial charge in [0.05, 0.1) is 13.1 Å². The Morgan fingerprint density at radius 3 is 2.12 bits per heavy atom. The lowest BCUT2D eigenvalue weighted by Crippen LogP contribution is -2.51. The van der Waals surface area contributed by atoms with Crippen molar-refractivity contribution in [2.75, 3.05) is 37.6 Å². The monoisotopic (exact) mass is 429 g/mol. The summed E-state index contributed by atoms with van der Waals surface area (Å²) in [5.74, 6) is 0.0224. The highest BCUT2D eigenvalue weighted by Crippen LogP contribution is 2.19. The highest BCUT2D eigenvalue weighted by atomic mass is 16.3. The summed E-state index contributed by atoms with van der Waals surface area (Å²) in [6, 6.07) is 26.1. The van der Waals surface area contributed by atoms with Crippen LogP contribution in [0.4, 0.5) is 5.69 Å². The van der Waals surface area contributed by atoms with Gasteiger partial charge in [-0.3, -0.25) is 14.5 Å². The topological polar surface area (TPSA) is 64.1 Å². The van der Waals surface area contributed by atoms with Crippen molar-refractivity contribution in [3.05, 3.63) is 96.1 Å². The molecule has 0 aromatic heterocycles. The molecule has 1 saturated heterocycles. The number of phenols is 1. The van der Waals surface area contributed by atoms with Crippen molar-refractivity contribution in [2.24, 2.45) is 0 Å². The van der Waals surface area contributed by atoms with E-state index in [4.69, 9.17) is 0 Å². The number of carbonyl (C=O) groups excluding carboxylic acids is 2. The second kappa shape index (κ2) is 10.1. The first-order valence-electron chi connectivity index (χ1n) is 10.8. The molecule has 2 amide bonds. The molecule has 0 saturated carbocycles. The van der Waals surface area contributed by atoms with Gasteiger partial charge in [0.2, 0.25) is 5.91 Å². The molecule has 1 aliphatic heterocycles. The average molecular weight is 430 g/mol. The summed E-state index contributed by atoms with van der Waals surface area (Å²) < 4.78 is 0. The molecule has 3 aromatic carbocycles. The van der Waals surface area contributed by atoms with Crippen LogP contribution in [0.1, 0.15) is 15.9 Å².